The maximum absolute atomic E-state index is 11.8. The van der Waals surface area contributed by atoms with Crippen molar-refractivity contribution >= 4 is 29.0 Å². The van der Waals surface area contributed by atoms with Crippen molar-refractivity contribution in [1.29, 1.82) is 0 Å². The number of ether oxygens (including phenoxy) is 3. The van der Waals surface area contributed by atoms with Crippen LogP contribution in [0.2, 0.25) is 0 Å². The Hall–Kier alpha value is -5.88. The zero-order chi connectivity index (χ0) is 33.2. The van der Waals surface area contributed by atoms with Gasteiger partial charge in [-0.1, -0.05) is 97.6 Å². The number of benzene rings is 5. The van der Waals surface area contributed by atoms with E-state index < -0.39 is 18.0 Å². The molecule has 0 heterocycles. The molecule has 0 saturated heterocycles. The summed E-state index contributed by atoms with van der Waals surface area (Å²) in [6.07, 6.45) is 0.247. The van der Waals surface area contributed by atoms with E-state index in [-0.39, 0.29) is 18.8 Å². The molecule has 6 nitrogen and oxygen atoms in total. The molecule has 0 amide bonds. The van der Waals surface area contributed by atoms with Crippen LogP contribution in [0.15, 0.2) is 152 Å². The van der Waals surface area contributed by atoms with Gasteiger partial charge in [0.1, 0.15) is 19.0 Å². The highest BCUT2D eigenvalue weighted by Crippen LogP contribution is 2.37. The molecule has 0 saturated carbocycles. The molecule has 6 heteroatoms. The highest BCUT2D eigenvalue weighted by atomic mass is 16.6. The van der Waals surface area contributed by atoms with Crippen LogP contribution in [-0.4, -0.2) is 31.3 Å². The molecule has 5 aromatic rings. The lowest BCUT2D eigenvalue weighted by Gasteiger charge is -2.26. The summed E-state index contributed by atoms with van der Waals surface area (Å²) in [4.78, 5) is 25.8. The summed E-state index contributed by atoms with van der Waals surface area (Å²) in [6.45, 7) is 10.4. The summed E-state index contributed by atoms with van der Waals surface area (Å²) in [6, 6.07) is 43.6. The number of anilines is 3. The van der Waals surface area contributed by atoms with Gasteiger partial charge in [-0.3, -0.25) is 0 Å². The molecule has 5 rings (SSSR count). The predicted molar refractivity (Wildman–Crippen MR) is 188 cm³/mol. The average Bonchev–Trinajstić information content (AvgIpc) is 3.11. The maximum Gasteiger partial charge on any atom is 0.333 e. The standard InChI is InChI=1S/C41H37NO5/c1-5-40(43)47-39(28-46-41(44)29(2)3)27-45-38-25-17-34(18-26-38)33-15-23-37(24-16-33)42(35-19-11-30(4)12-20-35)36-21-13-32(14-22-36)31-9-7-6-8-10-31/h5-26,39H,1-2,27-28H2,3-4H3. The Morgan fingerprint density at radius 1 is 0.681 bits per heavy atom. The number of hydrogen-bond acceptors (Lipinski definition) is 6. The fourth-order valence-electron chi connectivity index (χ4n) is 4.93. The first-order valence-electron chi connectivity index (χ1n) is 15.3. The van der Waals surface area contributed by atoms with Crippen molar-refractivity contribution in [3.63, 3.8) is 0 Å². The van der Waals surface area contributed by atoms with Crippen molar-refractivity contribution < 1.29 is 23.8 Å². The molecule has 236 valence electrons. The van der Waals surface area contributed by atoms with Gasteiger partial charge in [-0.2, -0.15) is 0 Å². The maximum atomic E-state index is 11.8. The van der Waals surface area contributed by atoms with Gasteiger partial charge in [0.05, 0.1) is 0 Å². The number of aryl methyl sites for hydroxylation is 1. The van der Waals surface area contributed by atoms with E-state index in [1.807, 2.05) is 30.3 Å². The van der Waals surface area contributed by atoms with E-state index >= 15 is 0 Å². The van der Waals surface area contributed by atoms with Gasteiger partial charge in [-0.15, -0.1) is 0 Å². The van der Waals surface area contributed by atoms with Crippen molar-refractivity contribution in [2.45, 2.75) is 20.0 Å². The lowest BCUT2D eigenvalue weighted by molar-refractivity contribution is -0.154. The molecule has 0 aliphatic rings. The fourth-order valence-corrected chi connectivity index (χ4v) is 4.93. The van der Waals surface area contributed by atoms with E-state index in [2.05, 4.69) is 122 Å². The number of rotatable bonds is 13. The summed E-state index contributed by atoms with van der Waals surface area (Å²) in [7, 11) is 0. The summed E-state index contributed by atoms with van der Waals surface area (Å²) >= 11 is 0. The second-order valence-corrected chi connectivity index (χ2v) is 11.1. The van der Waals surface area contributed by atoms with E-state index in [1.165, 1.54) is 16.7 Å². The van der Waals surface area contributed by atoms with Crippen molar-refractivity contribution in [2.24, 2.45) is 0 Å². The lowest BCUT2D eigenvalue weighted by atomic mass is 10.0. The van der Waals surface area contributed by atoms with Gasteiger partial charge in [0.2, 0.25) is 0 Å². The van der Waals surface area contributed by atoms with Gasteiger partial charge < -0.3 is 19.1 Å². The number of esters is 2. The molecular formula is C41H37NO5. The van der Waals surface area contributed by atoms with E-state index in [0.717, 1.165) is 34.3 Å². The Bertz CT molecular complexity index is 1810. The monoisotopic (exact) mass is 623 g/mol. The minimum atomic E-state index is -0.804. The first-order chi connectivity index (χ1) is 22.8. The van der Waals surface area contributed by atoms with E-state index in [9.17, 15) is 9.59 Å². The van der Waals surface area contributed by atoms with Crippen LogP contribution < -0.4 is 9.64 Å². The Kier molecular flexibility index (Phi) is 10.7. The van der Waals surface area contributed by atoms with Gasteiger partial charge in [0.25, 0.3) is 0 Å². The van der Waals surface area contributed by atoms with Gasteiger partial charge in [0, 0.05) is 28.7 Å². The number of nitrogens with zero attached hydrogens (tertiary/aromatic N) is 1. The first kappa shape index (κ1) is 32.5. The summed E-state index contributed by atoms with van der Waals surface area (Å²) in [5.74, 6) is -0.613. The number of carbonyl (C=O) groups is 2. The minimum Gasteiger partial charge on any atom is -0.490 e. The van der Waals surface area contributed by atoms with Crippen LogP contribution in [0.1, 0.15) is 12.5 Å². The Labute approximate surface area is 276 Å². The van der Waals surface area contributed by atoms with E-state index in [0.29, 0.717) is 5.75 Å². The smallest absolute Gasteiger partial charge is 0.333 e. The van der Waals surface area contributed by atoms with Gasteiger partial charge in [0.15, 0.2) is 6.10 Å². The molecule has 0 radical (unpaired) electrons. The Morgan fingerprint density at radius 2 is 1.15 bits per heavy atom. The normalized spacial score (nSPS) is 11.2. The lowest BCUT2D eigenvalue weighted by Crippen LogP contribution is -2.30. The van der Waals surface area contributed by atoms with Crippen LogP contribution in [0, 0.1) is 6.92 Å². The molecule has 1 atom stereocenters. The van der Waals surface area contributed by atoms with Crippen LogP contribution in [0.3, 0.4) is 0 Å². The molecule has 5 aromatic carbocycles. The molecule has 0 aliphatic carbocycles. The van der Waals surface area contributed by atoms with Gasteiger partial charge in [-0.05, 0) is 84.6 Å². The van der Waals surface area contributed by atoms with E-state index in [1.54, 1.807) is 6.92 Å². The zero-order valence-corrected chi connectivity index (χ0v) is 26.6. The average molecular weight is 624 g/mol. The molecule has 47 heavy (non-hydrogen) atoms. The highest BCUT2D eigenvalue weighted by Gasteiger charge is 2.18. The van der Waals surface area contributed by atoms with Crippen molar-refractivity contribution in [1.82, 2.24) is 0 Å². The summed E-state index contributed by atoms with van der Waals surface area (Å²) in [5.41, 5.74) is 9.05. The van der Waals surface area contributed by atoms with Crippen LogP contribution in [0.4, 0.5) is 17.1 Å². The van der Waals surface area contributed by atoms with E-state index in [4.69, 9.17) is 14.2 Å². The fraction of sp³-hybridized carbons (Fsp3) is 0.122. The second kappa shape index (κ2) is 15.4. The van der Waals surface area contributed by atoms with Crippen molar-refractivity contribution in [2.75, 3.05) is 18.1 Å². The van der Waals surface area contributed by atoms with Crippen molar-refractivity contribution in [3.8, 4) is 28.0 Å². The van der Waals surface area contributed by atoms with Gasteiger partial charge >= 0.3 is 11.9 Å². The topological polar surface area (TPSA) is 65.1 Å². The third kappa shape index (κ3) is 8.65. The van der Waals surface area contributed by atoms with Crippen LogP contribution >= 0.6 is 0 Å². The Balaban J connectivity index is 1.31. The predicted octanol–water partition coefficient (Wildman–Crippen LogP) is 9.39. The minimum absolute atomic E-state index is 0.00172. The molecule has 1 unspecified atom stereocenters. The molecule has 0 aliphatic heterocycles. The third-order valence-electron chi connectivity index (χ3n) is 7.47. The van der Waals surface area contributed by atoms with Crippen LogP contribution in [0.25, 0.3) is 22.3 Å². The SMILES string of the molecule is C=CC(=O)OC(COC(=O)C(=C)C)COc1ccc(-c2ccc(N(c3ccc(C)cc3)c3ccc(-c4ccccc4)cc3)cc2)cc1. The molecule has 0 N–H and O–H groups in total. The van der Waals surface area contributed by atoms with Crippen LogP contribution in [-0.2, 0) is 19.1 Å². The number of carbonyl (C=O) groups excluding carboxylic acids is 2. The number of hydrogen-bond donors (Lipinski definition) is 0. The molecule has 0 spiro atoms. The highest BCUT2D eigenvalue weighted by molar-refractivity contribution is 5.87. The molecular weight excluding hydrogens is 586 g/mol. The largest absolute Gasteiger partial charge is 0.490 e. The zero-order valence-electron chi connectivity index (χ0n) is 26.6. The third-order valence-corrected chi connectivity index (χ3v) is 7.47. The van der Waals surface area contributed by atoms with Crippen LogP contribution in [0.5, 0.6) is 5.75 Å². The molecule has 0 fully saturated rings. The van der Waals surface area contributed by atoms with Crippen molar-refractivity contribution in [3.05, 3.63) is 158 Å². The molecule has 0 bridgehead atoms. The first-order valence-corrected chi connectivity index (χ1v) is 15.3. The Morgan fingerprint density at radius 3 is 1.64 bits per heavy atom. The second-order valence-electron chi connectivity index (χ2n) is 11.1. The quantitative estimate of drug-likeness (QED) is 0.0962. The van der Waals surface area contributed by atoms with Gasteiger partial charge in [-0.25, -0.2) is 9.59 Å². The summed E-state index contributed by atoms with van der Waals surface area (Å²) < 4.78 is 16.3. The summed E-state index contributed by atoms with van der Waals surface area (Å²) in [5, 5.41) is 0. The molecule has 0 aromatic heterocycles.